The molecule has 1 aromatic carbocycles. The van der Waals surface area contributed by atoms with Crippen LogP contribution in [0.1, 0.15) is 33.3 Å². The number of methoxy groups -OCH3 is 1. The second kappa shape index (κ2) is 8.82. The lowest BCUT2D eigenvalue weighted by Crippen LogP contribution is -2.21. The van der Waals surface area contributed by atoms with Gasteiger partial charge in [-0.25, -0.2) is 0 Å². The molecule has 4 nitrogen and oxygen atoms in total. The van der Waals surface area contributed by atoms with E-state index in [9.17, 15) is 0 Å². The van der Waals surface area contributed by atoms with E-state index in [4.69, 9.17) is 14.2 Å². The third-order valence-electron chi connectivity index (χ3n) is 2.90. The first-order valence-electron chi connectivity index (χ1n) is 7.21. The molecule has 0 heterocycles. The highest BCUT2D eigenvalue weighted by molar-refractivity contribution is 5.43. The van der Waals surface area contributed by atoms with Gasteiger partial charge < -0.3 is 19.5 Å². The summed E-state index contributed by atoms with van der Waals surface area (Å²) in [6.45, 7) is 10.2. The summed E-state index contributed by atoms with van der Waals surface area (Å²) in [6.07, 6.45) is 0.0618. The van der Waals surface area contributed by atoms with Gasteiger partial charge in [-0.05, 0) is 31.5 Å². The van der Waals surface area contributed by atoms with Crippen LogP contribution in [0.2, 0.25) is 0 Å². The lowest BCUT2D eigenvalue weighted by molar-refractivity contribution is 0.0703. The van der Waals surface area contributed by atoms with Crippen molar-refractivity contribution in [3.8, 4) is 11.5 Å². The minimum Gasteiger partial charge on any atom is -0.490 e. The highest BCUT2D eigenvalue weighted by Gasteiger charge is 2.09. The van der Waals surface area contributed by atoms with E-state index in [1.54, 1.807) is 7.11 Å². The molecule has 1 N–H and O–H groups in total. The fraction of sp³-hybridized carbons (Fsp3) is 0.625. The van der Waals surface area contributed by atoms with Crippen LogP contribution in [0.5, 0.6) is 11.5 Å². The topological polar surface area (TPSA) is 39.7 Å². The Morgan fingerprint density at radius 3 is 2.45 bits per heavy atom. The second-order valence-electron chi connectivity index (χ2n) is 5.11. The van der Waals surface area contributed by atoms with Crippen molar-refractivity contribution in [2.75, 3.05) is 20.3 Å². The minimum absolute atomic E-state index is 0.0618. The van der Waals surface area contributed by atoms with Gasteiger partial charge in [0.1, 0.15) is 6.61 Å². The third-order valence-corrected chi connectivity index (χ3v) is 2.90. The largest absolute Gasteiger partial charge is 0.490 e. The zero-order valence-corrected chi connectivity index (χ0v) is 13.2. The Balaban J connectivity index is 2.73. The molecule has 1 rings (SSSR count). The maximum absolute atomic E-state index is 5.75. The van der Waals surface area contributed by atoms with E-state index >= 15 is 0 Å². The molecule has 0 spiro atoms. The summed E-state index contributed by atoms with van der Waals surface area (Å²) in [7, 11) is 1.68. The van der Waals surface area contributed by atoms with E-state index in [2.05, 4.69) is 25.2 Å². The molecule has 0 amide bonds. The predicted octanol–water partition coefficient (Wildman–Crippen LogP) is 3.00. The van der Waals surface area contributed by atoms with Gasteiger partial charge in [-0.3, -0.25) is 0 Å². The molecule has 0 saturated carbocycles. The van der Waals surface area contributed by atoms with Crippen LogP contribution in [0.15, 0.2) is 18.2 Å². The van der Waals surface area contributed by atoms with Crippen LogP contribution < -0.4 is 14.8 Å². The molecule has 0 aliphatic heterocycles. The number of hydrogen-bond donors (Lipinski definition) is 1. The number of hydrogen-bond acceptors (Lipinski definition) is 4. The summed E-state index contributed by atoms with van der Waals surface area (Å²) in [5, 5.41) is 3.39. The fourth-order valence-electron chi connectivity index (χ4n) is 1.65. The first-order chi connectivity index (χ1) is 9.56. The Morgan fingerprint density at radius 2 is 1.85 bits per heavy atom. The standard InChI is InChI=1S/C16H27NO3/c1-6-19-16-9-14(10-17-12(2)3)7-8-15(16)20-11-13(4)18-5/h7-9,12-13,17H,6,10-11H2,1-5H3. The van der Waals surface area contributed by atoms with Crippen molar-refractivity contribution in [2.45, 2.75) is 46.4 Å². The smallest absolute Gasteiger partial charge is 0.161 e. The first kappa shape index (κ1) is 16.8. The second-order valence-corrected chi connectivity index (χ2v) is 5.11. The van der Waals surface area contributed by atoms with Gasteiger partial charge in [0.25, 0.3) is 0 Å². The van der Waals surface area contributed by atoms with Gasteiger partial charge in [-0.15, -0.1) is 0 Å². The van der Waals surface area contributed by atoms with Crippen molar-refractivity contribution in [3.05, 3.63) is 23.8 Å². The number of benzene rings is 1. The van der Waals surface area contributed by atoms with E-state index < -0.39 is 0 Å². The van der Waals surface area contributed by atoms with Crippen molar-refractivity contribution in [3.63, 3.8) is 0 Å². The minimum atomic E-state index is 0.0618. The Labute approximate surface area is 122 Å². The lowest BCUT2D eigenvalue weighted by Gasteiger charge is -2.16. The summed E-state index contributed by atoms with van der Waals surface area (Å²) < 4.78 is 16.6. The van der Waals surface area contributed by atoms with Gasteiger partial charge in [0.15, 0.2) is 11.5 Å². The summed E-state index contributed by atoms with van der Waals surface area (Å²) in [5.41, 5.74) is 1.19. The number of nitrogens with one attached hydrogen (secondary N) is 1. The Hall–Kier alpha value is -1.26. The van der Waals surface area contributed by atoms with E-state index in [0.717, 1.165) is 18.0 Å². The predicted molar refractivity (Wildman–Crippen MR) is 81.6 cm³/mol. The summed E-state index contributed by atoms with van der Waals surface area (Å²) in [6, 6.07) is 6.52. The molecule has 0 fully saturated rings. The molecular formula is C16H27NO3. The van der Waals surface area contributed by atoms with E-state index in [0.29, 0.717) is 19.3 Å². The van der Waals surface area contributed by atoms with Gasteiger partial charge in [-0.1, -0.05) is 19.9 Å². The van der Waals surface area contributed by atoms with Crippen LogP contribution >= 0.6 is 0 Å². The van der Waals surface area contributed by atoms with Crippen LogP contribution in [-0.4, -0.2) is 32.5 Å². The van der Waals surface area contributed by atoms with Gasteiger partial charge >= 0.3 is 0 Å². The molecule has 4 heteroatoms. The monoisotopic (exact) mass is 281 g/mol. The van der Waals surface area contributed by atoms with E-state index in [-0.39, 0.29) is 6.10 Å². The van der Waals surface area contributed by atoms with Crippen LogP contribution in [0.25, 0.3) is 0 Å². The SMILES string of the molecule is CCOc1cc(CNC(C)C)ccc1OCC(C)OC. The maximum Gasteiger partial charge on any atom is 0.161 e. The molecule has 0 radical (unpaired) electrons. The van der Waals surface area contributed by atoms with Crippen LogP contribution in [0, 0.1) is 0 Å². The average Bonchev–Trinajstić information content (AvgIpc) is 2.44. The first-order valence-corrected chi connectivity index (χ1v) is 7.21. The molecule has 0 saturated heterocycles. The van der Waals surface area contributed by atoms with E-state index in [1.165, 1.54) is 5.56 Å². The van der Waals surface area contributed by atoms with Gasteiger partial charge in [0, 0.05) is 19.7 Å². The molecule has 0 aliphatic carbocycles. The van der Waals surface area contributed by atoms with E-state index in [1.807, 2.05) is 26.0 Å². The molecule has 0 aliphatic rings. The quantitative estimate of drug-likeness (QED) is 0.755. The molecule has 114 valence electrons. The van der Waals surface area contributed by atoms with Crippen LogP contribution in [0.3, 0.4) is 0 Å². The zero-order valence-electron chi connectivity index (χ0n) is 13.2. The lowest BCUT2D eigenvalue weighted by atomic mass is 10.2. The van der Waals surface area contributed by atoms with Crippen molar-refractivity contribution in [2.24, 2.45) is 0 Å². The van der Waals surface area contributed by atoms with Crippen molar-refractivity contribution >= 4 is 0 Å². The zero-order chi connectivity index (χ0) is 15.0. The van der Waals surface area contributed by atoms with Crippen LogP contribution in [-0.2, 0) is 11.3 Å². The molecule has 1 unspecified atom stereocenters. The maximum atomic E-state index is 5.75. The fourth-order valence-corrected chi connectivity index (χ4v) is 1.65. The summed E-state index contributed by atoms with van der Waals surface area (Å²) >= 11 is 0. The Kier molecular flexibility index (Phi) is 7.41. The number of ether oxygens (including phenoxy) is 3. The van der Waals surface area contributed by atoms with Crippen LogP contribution in [0.4, 0.5) is 0 Å². The molecule has 0 aromatic heterocycles. The summed E-state index contributed by atoms with van der Waals surface area (Å²) in [5.74, 6) is 1.56. The molecule has 0 bridgehead atoms. The molecular weight excluding hydrogens is 254 g/mol. The van der Waals surface area contributed by atoms with Gasteiger partial charge in [0.2, 0.25) is 0 Å². The Morgan fingerprint density at radius 1 is 1.10 bits per heavy atom. The highest BCUT2D eigenvalue weighted by atomic mass is 16.5. The normalized spacial score (nSPS) is 12.5. The average molecular weight is 281 g/mol. The molecule has 1 aromatic rings. The van der Waals surface area contributed by atoms with Gasteiger partial charge in [0.05, 0.1) is 12.7 Å². The van der Waals surface area contributed by atoms with Crippen molar-refractivity contribution in [1.82, 2.24) is 5.32 Å². The third kappa shape index (κ3) is 5.80. The number of rotatable bonds is 9. The van der Waals surface area contributed by atoms with Gasteiger partial charge in [-0.2, -0.15) is 0 Å². The highest BCUT2D eigenvalue weighted by Crippen LogP contribution is 2.28. The molecule has 1 atom stereocenters. The van der Waals surface area contributed by atoms with Crippen molar-refractivity contribution < 1.29 is 14.2 Å². The van der Waals surface area contributed by atoms with Crippen molar-refractivity contribution in [1.29, 1.82) is 0 Å². The Bertz CT molecular complexity index is 393. The summed E-state index contributed by atoms with van der Waals surface area (Å²) in [4.78, 5) is 0. The molecule has 20 heavy (non-hydrogen) atoms.